The third kappa shape index (κ3) is 4.17. The van der Waals surface area contributed by atoms with Gasteiger partial charge in [0.15, 0.2) is 5.78 Å². The molecule has 4 nitrogen and oxygen atoms in total. The molecule has 0 N–H and O–H groups in total. The monoisotopic (exact) mass is 404 g/mol. The molecule has 4 heteroatoms. The minimum Gasteiger partial charge on any atom is -0.378 e. The number of carbonyl (C=O) groups is 1. The number of benzene rings is 2. The van der Waals surface area contributed by atoms with E-state index in [0.717, 1.165) is 51.3 Å². The number of rotatable bonds is 5. The van der Waals surface area contributed by atoms with Crippen LogP contribution in [0.3, 0.4) is 0 Å². The second-order valence-electron chi connectivity index (χ2n) is 9.08. The summed E-state index contributed by atoms with van der Waals surface area (Å²) in [6.07, 6.45) is 5.77. The number of hydrogen-bond donors (Lipinski definition) is 0. The van der Waals surface area contributed by atoms with E-state index in [0.29, 0.717) is 17.9 Å². The first-order valence-corrected chi connectivity index (χ1v) is 11.5. The Balaban J connectivity index is 1.26. The van der Waals surface area contributed by atoms with Crippen LogP contribution in [0.25, 0.3) is 0 Å². The second kappa shape index (κ2) is 8.91. The van der Waals surface area contributed by atoms with Crippen LogP contribution in [-0.2, 0) is 11.3 Å². The van der Waals surface area contributed by atoms with E-state index >= 15 is 0 Å². The lowest BCUT2D eigenvalue weighted by molar-refractivity contribution is 0.00906. The number of ketones is 1. The number of nitrogens with zero attached hydrogens (tertiary/aromatic N) is 2. The fourth-order valence-corrected chi connectivity index (χ4v) is 5.64. The minimum atomic E-state index is 0.168. The van der Waals surface area contributed by atoms with Crippen molar-refractivity contribution in [3.05, 3.63) is 65.7 Å². The first-order chi connectivity index (χ1) is 14.8. The number of anilines is 1. The predicted molar refractivity (Wildman–Crippen MR) is 120 cm³/mol. The van der Waals surface area contributed by atoms with Gasteiger partial charge in [-0.15, -0.1) is 0 Å². The van der Waals surface area contributed by atoms with Crippen molar-refractivity contribution in [3.8, 4) is 0 Å². The number of hydrogen-bond acceptors (Lipinski definition) is 4. The Morgan fingerprint density at radius 1 is 0.900 bits per heavy atom. The highest BCUT2D eigenvalue weighted by Crippen LogP contribution is 2.39. The van der Waals surface area contributed by atoms with Crippen LogP contribution >= 0.6 is 0 Å². The van der Waals surface area contributed by atoms with Gasteiger partial charge in [0.1, 0.15) is 0 Å². The summed E-state index contributed by atoms with van der Waals surface area (Å²) in [5.74, 6) is 0.515. The van der Waals surface area contributed by atoms with E-state index in [4.69, 9.17) is 4.74 Å². The maximum atomic E-state index is 13.3. The lowest BCUT2D eigenvalue weighted by Gasteiger charge is -2.48. The Labute approximate surface area is 179 Å². The molecule has 2 atom stereocenters. The molecular weight excluding hydrogens is 372 g/mol. The Hall–Kier alpha value is -2.17. The first kappa shape index (κ1) is 19.8. The van der Waals surface area contributed by atoms with Crippen LogP contribution in [0.5, 0.6) is 0 Å². The Kier molecular flexibility index (Phi) is 5.87. The Bertz CT molecular complexity index is 831. The van der Waals surface area contributed by atoms with Crippen molar-refractivity contribution in [2.45, 2.75) is 50.7 Å². The number of morpholine rings is 1. The molecule has 0 radical (unpaired) electrons. The lowest BCUT2D eigenvalue weighted by Crippen LogP contribution is -2.52. The summed E-state index contributed by atoms with van der Waals surface area (Å²) in [4.78, 5) is 18.4. The zero-order valence-electron chi connectivity index (χ0n) is 17.7. The summed E-state index contributed by atoms with van der Waals surface area (Å²) >= 11 is 0. The van der Waals surface area contributed by atoms with Crippen LogP contribution in [0.15, 0.2) is 54.6 Å². The van der Waals surface area contributed by atoms with Crippen molar-refractivity contribution in [2.75, 3.05) is 31.2 Å². The molecule has 3 fully saturated rings. The number of Topliss-reactive ketones (excluding diaryl/α,β-unsaturated/α-hetero) is 1. The van der Waals surface area contributed by atoms with Crippen molar-refractivity contribution >= 4 is 11.5 Å². The summed E-state index contributed by atoms with van der Waals surface area (Å²) in [5.41, 5.74) is 3.47. The van der Waals surface area contributed by atoms with Crippen LogP contribution in [0, 0.1) is 5.92 Å². The molecule has 2 aromatic carbocycles. The fraction of sp³-hybridized carbons (Fsp3) is 0.500. The van der Waals surface area contributed by atoms with Gasteiger partial charge in [-0.25, -0.2) is 0 Å². The van der Waals surface area contributed by atoms with Gasteiger partial charge in [0.05, 0.1) is 13.2 Å². The summed E-state index contributed by atoms with van der Waals surface area (Å²) in [7, 11) is 0. The summed E-state index contributed by atoms with van der Waals surface area (Å²) in [6.45, 7) is 4.44. The maximum absolute atomic E-state index is 13.3. The van der Waals surface area contributed by atoms with Crippen molar-refractivity contribution in [3.63, 3.8) is 0 Å². The quantitative estimate of drug-likeness (QED) is 0.685. The van der Waals surface area contributed by atoms with Gasteiger partial charge in [-0.3, -0.25) is 9.69 Å². The highest BCUT2D eigenvalue weighted by atomic mass is 16.5. The van der Waals surface area contributed by atoms with E-state index in [1.807, 2.05) is 12.1 Å². The average Bonchev–Trinajstić information content (AvgIpc) is 2.80. The van der Waals surface area contributed by atoms with E-state index in [2.05, 4.69) is 52.3 Å². The van der Waals surface area contributed by atoms with Gasteiger partial charge in [-0.1, -0.05) is 36.8 Å². The lowest BCUT2D eigenvalue weighted by atomic mass is 9.75. The molecule has 0 aliphatic carbocycles. The van der Waals surface area contributed by atoms with E-state index in [1.165, 1.54) is 30.5 Å². The van der Waals surface area contributed by atoms with Crippen LogP contribution in [0.2, 0.25) is 0 Å². The minimum absolute atomic E-state index is 0.168. The topological polar surface area (TPSA) is 32.8 Å². The zero-order valence-corrected chi connectivity index (χ0v) is 17.7. The van der Waals surface area contributed by atoms with Crippen molar-refractivity contribution in [1.29, 1.82) is 0 Å². The Morgan fingerprint density at radius 2 is 1.57 bits per heavy atom. The van der Waals surface area contributed by atoms with E-state index in [1.54, 1.807) is 0 Å². The molecule has 2 bridgehead atoms. The van der Waals surface area contributed by atoms with Gasteiger partial charge in [0, 0.05) is 48.9 Å². The molecule has 3 heterocycles. The van der Waals surface area contributed by atoms with Gasteiger partial charge in [0.25, 0.3) is 0 Å². The van der Waals surface area contributed by atoms with E-state index in [9.17, 15) is 4.79 Å². The van der Waals surface area contributed by atoms with Gasteiger partial charge in [-0.2, -0.15) is 0 Å². The molecule has 0 aromatic heterocycles. The van der Waals surface area contributed by atoms with E-state index in [-0.39, 0.29) is 5.92 Å². The maximum Gasteiger partial charge on any atom is 0.166 e. The summed E-state index contributed by atoms with van der Waals surface area (Å²) < 4.78 is 5.45. The smallest absolute Gasteiger partial charge is 0.166 e. The first-order valence-electron chi connectivity index (χ1n) is 11.5. The normalized spacial score (nSPS) is 27.1. The Morgan fingerprint density at radius 3 is 2.23 bits per heavy atom. The predicted octanol–water partition coefficient (Wildman–Crippen LogP) is 4.54. The summed E-state index contributed by atoms with van der Waals surface area (Å²) in [5, 5.41) is 0. The molecule has 5 rings (SSSR count). The second-order valence-corrected chi connectivity index (χ2v) is 9.08. The third-order valence-electron chi connectivity index (χ3n) is 7.23. The van der Waals surface area contributed by atoms with E-state index < -0.39 is 0 Å². The zero-order chi connectivity index (χ0) is 20.3. The standard InChI is InChI=1S/C26H32N2O2/c29-26(21-9-11-23(12-10-21)27-13-15-30-16-14-27)22-17-24-7-4-8-25(18-22)28(24)19-20-5-2-1-3-6-20/h1-3,5-6,9-12,22,24-25H,4,7-8,13-19H2. The molecule has 3 aliphatic heterocycles. The molecule has 0 spiro atoms. The molecular formula is C26H32N2O2. The van der Waals surface area contributed by atoms with Crippen LogP contribution < -0.4 is 4.90 Å². The molecule has 2 aromatic rings. The number of piperidine rings is 2. The largest absolute Gasteiger partial charge is 0.378 e. The van der Waals surface area contributed by atoms with Gasteiger partial charge < -0.3 is 9.64 Å². The number of fused-ring (bicyclic) bond motifs is 2. The third-order valence-corrected chi connectivity index (χ3v) is 7.23. The molecule has 158 valence electrons. The summed E-state index contributed by atoms with van der Waals surface area (Å²) in [6, 6.07) is 20.2. The molecule has 0 amide bonds. The van der Waals surface area contributed by atoms with Gasteiger partial charge >= 0.3 is 0 Å². The van der Waals surface area contributed by atoms with Gasteiger partial charge in [-0.05, 0) is 55.5 Å². The average molecular weight is 405 g/mol. The fourth-order valence-electron chi connectivity index (χ4n) is 5.64. The number of carbonyl (C=O) groups excluding carboxylic acids is 1. The molecule has 0 saturated carbocycles. The van der Waals surface area contributed by atoms with Crippen LogP contribution in [0.4, 0.5) is 5.69 Å². The molecule has 3 saturated heterocycles. The van der Waals surface area contributed by atoms with Crippen LogP contribution in [0.1, 0.15) is 48.0 Å². The van der Waals surface area contributed by atoms with Gasteiger partial charge in [0.2, 0.25) is 0 Å². The molecule has 30 heavy (non-hydrogen) atoms. The molecule has 2 unspecified atom stereocenters. The van der Waals surface area contributed by atoms with Crippen molar-refractivity contribution in [2.24, 2.45) is 5.92 Å². The molecule has 3 aliphatic rings. The SMILES string of the molecule is O=C(c1ccc(N2CCOCC2)cc1)C1CC2CCCC(C1)N2Cc1ccccc1. The highest BCUT2D eigenvalue weighted by Gasteiger charge is 2.40. The van der Waals surface area contributed by atoms with Crippen LogP contribution in [-0.4, -0.2) is 49.1 Å². The number of ether oxygens (including phenoxy) is 1. The van der Waals surface area contributed by atoms with Crippen molar-refractivity contribution in [1.82, 2.24) is 4.90 Å². The highest BCUT2D eigenvalue weighted by molar-refractivity contribution is 5.98. The van der Waals surface area contributed by atoms with Crippen molar-refractivity contribution < 1.29 is 9.53 Å².